The molecule has 2 aromatic rings. The van der Waals surface area contributed by atoms with Gasteiger partial charge in [0.2, 0.25) is 5.91 Å². The zero-order valence-electron chi connectivity index (χ0n) is 17.7. The van der Waals surface area contributed by atoms with Crippen LogP contribution in [0.4, 0.5) is 56.6 Å². The van der Waals surface area contributed by atoms with Crippen LogP contribution < -0.4 is 15.5 Å². The summed E-state index contributed by atoms with van der Waals surface area (Å²) in [6, 6.07) is 3.40. The molecule has 35 heavy (non-hydrogen) atoms. The molecule has 1 aliphatic rings. The Morgan fingerprint density at radius 3 is 1.86 bits per heavy atom. The number of ether oxygens (including phenoxy) is 1. The molecule has 1 amide bonds. The van der Waals surface area contributed by atoms with Gasteiger partial charge in [-0.2, -0.15) is 39.5 Å². The first-order chi connectivity index (χ1) is 16.1. The van der Waals surface area contributed by atoms with E-state index in [0.717, 1.165) is 12.1 Å². The number of benzene rings is 2. The molecule has 2 N–H and O–H groups in total. The van der Waals surface area contributed by atoms with Crippen molar-refractivity contribution >= 4 is 23.0 Å². The molecule has 0 bridgehead atoms. The Bertz CT molecular complexity index is 1030. The SMILES string of the molecule is O=C(CNc1cc(C(F)(F)F)ccc1N1CCOCC1)Nc1cc(C(F)(F)F)cc(C(F)(F)F)c1. The lowest BCUT2D eigenvalue weighted by Crippen LogP contribution is -2.37. The van der Waals surface area contributed by atoms with Crippen molar-refractivity contribution in [3.05, 3.63) is 53.1 Å². The van der Waals surface area contributed by atoms with E-state index in [-0.39, 0.29) is 11.8 Å². The molecule has 0 aromatic heterocycles. The van der Waals surface area contributed by atoms with Crippen LogP contribution in [0.1, 0.15) is 16.7 Å². The van der Waals surface area contributed by atoms with Gasteiger partial charge in [0.05, 0.1) is 47.8 Å². The molecule has 1 aliphatic heterocycles. The topological polar surface area (TPSA) is 53.6 Å². The van der Waals surface area contributed by atoms with E-state index in [1.54, 1.807) is 4.90 Å². The molecule has 0 atom stereocenters. The van der Waals surface area contributed by atoms with E-state index in [1.807, 2.05) is 5.32 Å². The highest BCUT2D eigenvalue weighted by Crippen LogP contribution is 2.38. The number of nitrogens with one attached hydrogen (secondary N) is 2. The predicted molar refractivity (Wildman–Crippen MR) is 108 cm³/mol. The van der Waals surface area contributed by atoms with Gasteiger partial charge < -0.3 is 20.3 Å². The molecule has 0 radical (unpaired) electrons. The van der Waals surface area contributed by atoms with Gasteiger partial charge in [-0.05, 0) is 36.4 Å². The van der Waals surface area contributed by atoms with Gasteiger partial charge in [-0.1, -0.05) is 0 Å². The van der Waals surface area contributed by atoms with Gasteiger partial charge >= 0.3 is 18.5 Å². The summed E-state index contributed by atoms with van der Waals surface area (Å²) in [5.41, 5.74) is -4.78. The molecule has 2 aromatic carbocycles. The molecule has 5 nitrogen and oxygen atoms in total. The standard InChI is InChI=1S/C21H18F9N3O2/c22-19(23,24)12-1-2-17(33-3-5-35-6-4-33)16(10-12)31-11-18(34)32-15-8-13(20(25,26)27)7-14(9-15)21(28,29)30/h1-2,7-10,31H,3-6,11H2,(H,32,34). The molecule has 3 rings (SSSR count). The van der Waals surface area contributed by atoms with E-state index in [1.165, 1.54) is 6.07 Å². The average molecular weight is 515 g/mol. The second-order valence-corrected chi connectivity index (χ2v) is 7.53. The zero-order valence-corrected chi connectivity index (χ0v) is 17.7. The number of morpholine rings is 1. The lowest BCUT2D eigenvalue weighted by Gasteiger charge is -2.31. The number of anilines is 3. The Labute approximate surface area is 192 Å². The number of nitrogens with zero attached hydrogens (tertiary/aromatic N) is 1. The fourth-order valence-corrected chi connectivity index (χ4v) is 3.34. The summed E-state index contributed by atoms with van der Waals surface area (Å²) in [7, 11) is 0. The Kier molecular flexibility index (Phi) is 7.43. The molecule has 14 heteroatoms. The van der Waals surface area contributed by atoms with Gasteiger partial charge in [0.1, 0.15) is 0 Å². The third-order valence-corrected chi connectivity index (χ3v) is 4.99. The summed E-state index contributed by atoms with van der Waals surface area (Å²) in [4.78, 5) is 14.0. The summed E-state index contributed by atoms with van der Waals surface area (Å²) in [6.07, 6.45) is -14.9. The van der Waals surface area contributed by atoms with Gasteiger partial charge in [-0.25, -0.2) is 0 Å². The van der Waals surface area contributed by atoms with E-state index in [0.29, 0.717) is 44.1 Å². The molecule has 0 unspecified atom stereocenters. The third-order valence-electron chi connectivity index (χ3n) is 4.99. The maximum absolute atomic E-state index is 13.2. The monoisotopic (exact) mass is 515 g/mol. The summed E-state index contributed by atoms with van der Waals surface area (Å²) < 4.78 is 123. The minimum Gasteiger partial charge on any atom is -0.378 e. The second-order valence-electron chi connectivity index (χ2n) is 7.53. The number of amides is 1. The van der Waals surface area contributed by atoms with E-state index >= 15 is 0 Å². The summed E-state index contributed by atoms with van der Waals surface area (Å²) >= 11 is 0. The normalized spacial score (nSPS) is 15.2. The summed E-state index contributed by atoms with van der Waals surface area (Å²) in [5.74, 6) is -1.07. The molecular weight excluding hydrogens is 497 g/mol. The van der Waals surface area contributed by atoms with Crippen molar-refractivity contribution < 1.29 is 49.0 Å². The Morgan fingerprint density at radius 1 is 0.800 bits per heavy atom. The van der Waals surface area contributed by atoms with Crippen molar-refractivity contribution in [2.45, 2.75) is 18.5 Å². The average Bonchev–Trinajstić information content (AvgIpc) is 2.76. The predicted octanol–water partition coefficient (Wildman–Crippen LogP) is 5.63. The summed E-state index contributed by atoms with van der Waals surface area (Å²) in [6.45, 7) is 0.625. The Hall–Kier alpha value is -3.16. The van der Waals surface area contributed by atoms with E-state index in [4.69, 9.17) is 4.74 Å². The first-order valence-corrected chi connectivity index (χ1v) is 10.0. The Morgan fingerprint density at radius 2 is 1.34 bits per heavy atom. The highest BCUT2D eigenvalue weighted by molar-refractivity contribution is 5.94. The Balaban J connectivity index is 1.81. The van der Waals surface area contributed by atoms with E-state index in [9.17, 15) is 44.3 Å². The molecule has 0 saturated carbocycles. The van der Waals surface area contributed by atoms with Crippen molar-refractivity contribution in [2.24, 2.45) is 0 Å². The molecule has 1 saturated heterocycles. The fraction of sp³-hybridized carbons (Fsp3) is 0.381. The number of alkyl halides is 9. The van der Waals surface area contributed by atoms with Crippen LogP contribution in [-0.2, 0) is 28.1 Å². The molecule has 192 valence electrons. The van der Waals surface area contributed by atoms with Gasteiger partial charge in [-0.15, -0.1) is 0 Å². The van der Waals surface area contributed by atoms with Gasteiger partial charge in [0, 0.05) is 18.8 Å². The van der Waals surface area contributed by atoms with Crippen LogP contribution in [0.5, 0.6) is 0 Å². The van der Waals surface area contributed by atoms with Crippen molar-refractivity contribution in [3.8, 4) is 0 Å². The van der Waals surface area contributed by atoms with Crippen LogP contribution in [0.15, 0.2) is 36.4 Å². The minimum absolute atomic E-state index is 0.0862. The maximum atomic E-state index is 13.2. The number of rotatable bonds is 5. The molecule has 0 spiro atoms. The number of carbonyl (C=O) groups excluding carboxylic acids is 1. The fourth-order valence-electron chi connectivity index (χ4n) is 3.34. The largest absolute Gasteiger partial charge is 0.416 e. The number of carbonyl (C=O) groups is 1. The van der Waals surface area contributed by atoms with Crippen LogP contribution in [0.3, 0.4) is 0 Å². The first kappa shape index (κ1) is 26.4. The van der Waals surface area contributed by atoms with Crippen molar-refractivity contribution in [1.29, 1.82) is 0 Å². The molecule has 1 fully saturated rings. The molecule has 1 heterocycles. The highest BCUT2D eigenvalue weighted by Gasteiger charge is 2.37. The first-order valence-electron chi connectivity index (χ1n) is 10.0. The van der Waals surface area contributed by atoms with Gasteiger partial charge in [-0.3, -0.25) is 4.79 Å². The third kappa shape index (κ3) is 6.93. The van der Waals surface area contributed by atoms with Crippen LogP contribution in [-0.4, -0.2) is 38.8 Å². The lowest BCUT2D eigenvalue weighted by atomic mass is 10.1. The number of halogens is 9. The molecular formula is C21H18F9N3O2. The van der Waals surface area contributed by atoms with Crippen LogP contribution in [0.25, 0.3) is 0 Å². The van der Waals surface area contributed by atoms with Crippen molar-refractivity contribution in [3.63, 3.8) is 0 Å². The lowest BCUT2D eigenvalue weighted by molar-refractivity contribution is -0.143. The van der Waals surface area contributed by atoms with Crippen molar-refractivity contribution in [2.75, 3.05) is 48.4 Å². The van der Waals surface area contributed by atoms with Gasteiger partial charge in [0.25, 0.3) is 0 Å². The van der Waals surface area contributed by atoms with Crippen molar-refractivity contribution in [1.82, 2.24) is 0 Å². The van der Waals surface area contributed by atoms with Crippen LogP contribution in [0.2, 0.25) is 0 Å². The van der Waals surface area contributed by atoms with Crippen LogP contribution in [0, 0.1) is 0 Å². The quantitative estimate of drug-likeness (QED) is 0.507. The number of hydrogen-bond donors (Lipinski definition) is 2. The minimum atomic E-state index is -5.11. The molecule has 0 aliphatic carbocycles. The van der Waals surface area contributed by atoms with E-state index < -0.39 is 53.4 Å². The van der Waals surface area contributed by atoms with E-state index in [2.05, 4.69) is 5.32 Å². The zero-order chi connectivity index (χ0) is 26.0. The highest BCUT2D eigenvalue weighted by atomic mass is 19.4. The van der Waals surface area contributed by atoms with Gasteiger partial charge in [0.15, 0.2) is 0 Å². The smallest absolute Gasteiger partial charge is 0.378 e. The second kappa shape index (κ2) is 9.84. The maximum Gasteiger partial charge on any atom is 0.416 e. The van der Waals surface area contributed by atoms with Crippen LogP contribution >= 0.6 is 0 Å². The number of hydrogen-bond acceptors (Lipinski definition) is 4. The summed E-state index contributed by atoms with van der Waals surface area (Å²) in [5, 5.41) is 4.42.